The Morgan fingerprint density at radius 2 is 2.56 bits per heavy atom. The minimum Gasteiger partial charge on any atom is -0.252 e. The summed E-state index contributed by atoms with van der Waals surface area (Å²) in [7, 11) is 0. The Hall–Kier alpha value is -1.18. The van der Waals surface area contributed by atoms with E-state index in [0.717, 1.165) is 6.42 Å². The third kappa shape index (κ3) is 0.633. The first kappa shape index (κ1) is 4.68. The van der Waals surface area contributed by atoms with Gasteiger partial charge in [0.1, 0.15) is 0 Å². The van der Waals surface area contributed by atoms with Crippen LogP contribution in [0.1, 0.15) is 6.42 Å². The van der Waals surface area contributed by atoms with Crippen LogP contribution in [0.2, 0.25) is 0 Å². The molecule has 9 heavy (non-hydrogen) atoms. The van der Waals surface area contributed by atoms with Crippen molar-refractivity contribution in [3.8, 4) is 0 Å². The van der Waals surface area contributed by atoms with E-state index in [9.17, 15) is 0 Å². The second-order valence-corrected chi connectivity index (χ2v) is 2.03. The van der Waals surface area contributed by atoms with Crippen LogP contribution in [0, 0.1) is 6.21 Å². The van der Waals surface area contributed by atoms with Crippen molar-refractivity contribution in [2.45, 2.75) is 6.42 Å². The molecule has 2 heterocycles. The van der Waals surface area contributed by atoms with Crippen molar-refractivity contribution >= 4 is 6.08 Å². The Bertz CT molecular complexity index is 294. The van der Waals surface area contributed by atoms with Gasteiger partial charge in [-0.1, -0.05) is 0 Å². The zero-order chi connectivity index (χ0) is 6.10. The molecule has 0 N–H and O–H groups in total. The molecule has 0 spiro atoms. The van der Waals surface area contributed by atoms with Crippen molar-refractivity contribution in [3.05, 3.63) is 30.2 Å². The predicted molar refractivity (Wildman–Crippen MR) is 32.8 cm³/mol. The van der Waals surface area contributed by atoms with Crippen LogP contribution < -0.4 is 9.59 Å². The molecule has 2 rings (SSSR count). The molecule has 2 nitrogen and oxygen atoms in total. The number of fused-ring (bicyclic) bond motifs is 1. The van der Waals surface area contributed by atoms with E-state index in [1.54, 1.807) is 6.20 Å². The predicted octanol–water partition coefficient (Wildman–Crippen LogP) is -0.437. The van der Waals surface area contributed by atoms with Crippen LogP contribution in [0.4, 0.5) is 0 Å². The lowest BCUT2D eigenvalue weighted by Crippen LogP contribution is -2.33. The molecule has 0 fully saturated rings. The van der Waals surface area contributed by atoms with Gasteiger partial charge in [0.25, 0.3) is 0 Å². The fourth-order valence-corrected chi connectivity index (χ4v) is 0.994. The number of hydrogen-bond acceptors (Lipinski definition) is 1. The Labute approximate surface area is 52.8 Å². The second-order valence-electron chi connectivity index (χ2n) is 2.03. The summed E-state index contributed by atoms with van der Waals surface area (Å²) in [6.45, 7) is 0. The molecule has 1 aromatic heterocycles. The molecule has 0 saturated heterocycles. The molecular formula is C7H7N2+. The molecule has 0 aliphatic carbocycles. The average Bonchev–Trinajstić information content (AvgIpc) is 2.33. The minimum absolute atomic E-state index is 1.03. The zero-order valence-electron chi connectivity index (χ0n) is 4.99. The van der Waals surface area contributed by atoms with Crippen molar-refractivity contribution in [3.63, 3.8) is 0 Å². The quantitative estimate of drug-likeness (QED) is 0.424. The fourth-order valence-electron chi connectivity index (χ4n) is 0.994. The van der Waals surface area contributed by atoms with E-state index in [4.69, 9.17) is 0 Å². The molecule has 0 unspecified atom stereocenters. The topological polar surface area (TPSA) is 18.8 Å². The normalized spacial score (nSPS) is 13.8. The van der Waals surface area contributed by atoms with Crippen LogP contribution in [0.3, 0.4) is 0 Å². The Morgan fingerprint density at radius 1 is 1.56 bits per heavy atom. The molecule has 1 aromatic rings. The van der Waals surface area contributed by atoms with Gasteiger partial charge in [-0.3, -0.25) is 4.98 Å². The van der Waals surface area contributed by atoms with E-state index >= 15 is 0 Å². The van der Waals surface area contributed by atoms with Gasteiger partial charge in [-0.05, 0) is 6.08 Å². The molecule has 0 amide bonds. The molecule has 0 saturated carbocycles. The Balaban J connectivity index is 2.97. The third-order valence-corrected chi connectivity index (χ3v) is 1.45. The van der Waals surface area contributed by atoms with E-state index < -0.39 is 0 Å². The lowest BCUT2D eigenvalue weighted by Gasteiger charge is -1.72. The molecule has 0 radical (unpaired) electrons. The van der Waals surface area contributed by atoms with Gasteiger partial charge in [0.2, 0.25) is 5.35 Å². The van der Waals surface area contributed by atoms with Crippen molar-refractivity contribution < 1.29 is 4.24 Å². The molecular weight excluding hydrogens is 112 g/mol. The highest BCUT2D eigenvalue weighted by Gasteiger charge is 1.97. The first-order valence-corrected chi connectivity index (χ1v) is 2.98. The third-order valence-electron chi connectivity index (χ3n) is 1.45. The summed E-state index contributed by atoms with van der Waals surface area (Å²) in [6, 6.07) is 0. The summed E-state index contributed by atoms with van der Waals surface area (Å²) < 4.78 is 2.08. The van der Waals surface area contributed by atoms with E-state index in [2.05, 4.69) is 21.5 Å². The van der Waals surface area contributed by atoms with Crippen molar-refractivity contribution in [2.75, 3.05) is 0 Å². The molecule has 1 aliphatic heterocycles. The highest BCUT2D eigenvalue weighted by molar-refractivity contribution is 5.17. The molecule has 0 atom stereocenters. The van der Waals surface area contributed by atoms with E-state index in [1.165, 1.54) is 5.35 Å². The first-order chi connectivity index (χ1) is 4.47. The van der Waals surface area contributed by atoms with Crippen molar-refractivity contribution in [1.29, 1.82) is 0 Å². The first-order valence-electron chi connectivity index (χ1n) is 2.98. The zero-order valence-corrected chi connectivity index (χ0v) is 4.99. The summed E-state index contributed by atoms with van der Waals surface area (Å²) in [6.07, 6.45) is 10.9. The van der Waals surface area contributed by atoms with Crippen LogP contribution in [-0.4, -0.2) is 4.98 Å². The lowest BCUT2D eigenvalue weighted by atomic mass is 10.5. The van der Waals surface area contributed by atoms with Crippen LogP contribution >= 0.6 is 0 Å². The van der Waals surface area contributed by atoms with Crippen LogP contribution in [0.25, 0.3) is 6.08 Å². The minimum atomic E-state index is 1.03. The molecule has 44 valence electrons. The summed E-state index contributed by atoms with van der Waals surface area (Å²) in [4.78, 5) is 3.98. The second kappa shape index (κ2) is 1.65. The summed E-state index contributed by atoms with van der Waals surface area (Å²) in [5.41, 5.74) is 0. The van der Waals surface area contributed by atoms with Gasteiger partial charge in [-0.25, -0.2) is 0 Å². The fraction of sp³-hybridized carbons (Fsp3) is 0.143. The van der Waals surface area contributed by atoms with Gasteiger partial charge in [-0.15, -0.1) is 0 Å². The van der Waals surface area contributed by atoms with Crippen molar-refractivity contribution in [1.82, 2.24) is 4.98 Å². The van der Waals surface area contributed by atoms with E-state index in [-0.39, 0.29) is 0 Å². The molecule has 0 bridgehead atoms. The Kier molecular flexibility index (Phi) is 0.859. The smallest absolute Gasteiger partial charge is 0.225 e. The van der Waals surface area contributed by atoms with E-state index in [0.29, 0.717) is 0 Å². The highest BCUT2D eigenvalue weighted by atomic mass is 14.8. The number of nitrogens with zero attached hydrogens (tertiary/aromatic N) is 2. The Morgan fingerprint density at radius 3 is 3.44 bits per heavy atom. The number of rotatable bonds is 0. The largest absolute Gasteiger partial charge is 0.252 e. The maximum absolute atomic E-state index is 3.98. The number of aromatic nitrogens is 2. The maximum atomic E-state index is 3.98. The summed E-state index contributed by atoms with van der Waals surface area (Å²) >= 11 is 0. The molecule has 0 aromatic carbocycles. The van der Waals surface area contributed by atoms with Crippen LogP contribution in [0.5, 0.6) is 0 Å². The SMILES string of the molecule is C1=c2cncc[n+]2=CC1. The summed E-state index contributed by atoms with van der Waals surface area (Å²) in [5, 5.41) is 1.19. The summed E-state index contributed by atoms with van der Waals surface area (Å²) in [5.74, 6) is 0. The van der Waals surface area contributed by atoms with Gasteiger partial charge < -0.3 is 0 Å². The van der Waals surface area contributed by atoms with Gasteiger partial charge in [-0.2, -0.15) is 4.24 Å². The van der Waals surface area contributed by atoms with Gasteiger partial charge in [0.05, 0.1) is 18.8 Å². The van der Waals surface area contributed by atoms with Crippen LogP contribution in [-0.2, 0) is 0 Å². The monoisotopic (exact) mass is 119 g/mol. The maximum Gasteiger partial charge on any atom is 0.225 e. The molecule has 2 heteroatoms. The van der Waals surface area contributed by atoms with Gasteiger partial charge >= 0.3 is 0 Å². The lowest BCUT2D eigenvalue weighted by molar-refractivity contribution is -0.522. The standard InChI is InChI=1S/C7H7N2/c1-2-7-6-8-3-5-9(7)4-1/h2-6H,1H2/q+1. The van der Waals surface area contributed by atoms with Crippen LogP contribution in [0.15, 0.2) is 18.6 Å². The van der Waals surface area contributed by atoms with Gasteiger partial charge in [0, 0.05) is 0 Å². The highest BCUT2D eigenvalue weighted by Crippen LogP contribution is 1.80. The van der Waals surface area contributed by atoms with Crippen molar-refractivity contribution in [2.24, 2.45) is 0 Å². The average molecular weight is 119 g/mol. The van der Waals surface area contributed by atoms with Gasteiger partial charge in [0.15, 0.2) is 12.4 Å². The molecule has 1 aliphatic rings. The number of hydrogen-bond donors (Lipinski definition) is 0. The van der Waals surface area contributed by atoms with E-state index in [1.807, 2.05) is 12.4 Å².